The maximum atomic E-state index is 12.2. The largest absolute Gasteiger partial charge is 0.461 e. The van der Waals surface area contributed by atoms with Crippen molar-refractivity contribution in [3.8, 4) is 11.5 Å². The second-order valence-corrected chi connectivity index (χ2v) is 5.86. The molecule has 132 valence electrons. The summed E-state index contributed by atoms with van der Waals surface area (Å²) < 4.78 is 16.8. The average molecular weight is 353 g/mol. The molecule has 0 unspecified atom stereocenters. The molecule has 0 atom stereocenters. The van der Waals surface area contributed by atoms with E-state index in [1.165, 1.54) is 10.8 Å². The van der Waals surface area contributed by atoms with Gasteiger partial charge < -0.3 is 18.7 Å². The Labute approximate surface area is 147 Å². The Hall–Kier alpha value is -3.55. The van der Waals surface area contributed by atoms with Gasteiger partial charge in [-0.2, -0.15) is 0 Å². The quantitative estimate of drug-likeness (QED) is 0.591. The van der Waals surface area contributed by atoms with Crippen molar-refractivity contribution in [3.63, 3.8) is 0 Å². The van der Waals surface area contributed by atoms with Gasteiger partial charge in [0, 0.05) is 6.07 Å². The second-order valence-electron chi connectivity index (χ2n) is 5.86. The number of aryl methyl sites for hydroxylation is 1. The van der Waals surface area contributed by atoms with Crippen LogP contribution in [0.2, 0.25) is 0 Å². The van der Waals surface area contributed by atoms with E-state index in [0.29, 0.717) is 28.3 Å². The number of aromatic nitrogens is 2. The van der Waals surface area contributed by atoms with Crippen molar-refractivity contribution in [3.05, 3.63) is 64.5 Å². The minimum Gasteiger partial charge on any atom is -0.461 e. The van der Waals surface area contributed by atoms with Gasteiger partial charge in [0.05, 0.1) is 18.3 Å². The number of hydrogen-bond donors (Lipinski definition) is 1. The van der Waals surface area contributed by atoms with Crippen LogP contribution in [0.5, 0.6) is 0 Å². The van der Waals surface area contributed by atoms with E-state index in [2.05, 4.69) is 10.5 Å². The van der Waals surface area contributed by atoms with Crippen molar-refractivity contribution in [1.82, 2.24) is 15.0 Å². The Balaban J connectivity index is 1.44. The second kappa shape index (κ2) is 6.40. The number of nitrogens with zero attached hydrogens (tertiary/aromatic N) is 2. The molecule has 4 rings (SSSR count). The fraction of sp³-hybridized carbons (Fsp3) is 0.167. The molecule has 0 saturated heterocycles. The summed E-state index contributed by atoms with van der Waals surface area (Å²) in [5.74, 6) is 0.134. The summed E-state index contributed by atoms with van der Waals surface area (Å²) in [5.41, 5.74) is 2.56. The first kappa shape index (κ1) is 15.9. The van der Waals surface area contributed by atoms with Gasteiger partial charge in [-0.3, -0.25) is 9.36 Å². The third-order valence-corrected chi connectivity index (χ3v) is 3.91. The number of furan rings is 1. The Kier molecular flexibility index (Phi) is 3.92. The number of oxazole rings is 1. The third kappa shape index (κ3) is 3.04. The van der Waals surface area contributed by atoms with Crippen LogP contribution in [0, 0.1) is 6.92 Å². The van der Waals surface area contributed by atoms with Crippen molar-refractivity contribution in [2.24, 2.45) is 0 Å². The summed E-state index contributed by atoms with van der Waals surface area (Å²) in [5, 5.41) is 6.59. The summed E-state index contributed by atoms with van der Waals surface area (Å²) in [6, 6.07) is 10.5. The molecular formula is C18H15N3O5. The number of carbonyl (C=O) groups excluding carboxylic acids is 1. The van der Waals surface area contributed by atoms with Gasteiger partial charge in [0.2, 0.25) is 11.7 Å². The van der Waals surface area contributed by atoms with Crippen LogP contribution >= 0.6 is 0 Å². The molecule has 0 aliphatic heterocycles. The molecule has 0 spiro atoms. The van der Waals surface area contributed by atoms with Crippen LogP contribution in [0.3, 0.4) is 0 Å². The zero-order chi connectivity index (χ0) is 18.1. The number of fused-ring (bicyclic) bond motifs is 1. The van der Waals surface area contributed by atoms with E-state index in [9.17, 15) is 9.59 Å². The fourth-order valence-electron chi connectivity index (χ4n) is 2.64. The normalized spacial score (nSPS) is 11.1. The molecule has 0 saturated carbocycles. The molecule has 1 aromatic carbocycles. The molecule has 0 fully saturated rings. The van der Waals surface area contributed by atoms with Gasteiger partial charge >= 0.3 is 5.76 Å². The number of carbonyl (C=O) groups is 1. The van der Waals surface area contributed by atoms with E-state index < -0.39 is 5.76 Å². The first-order valence-corrected chi connectivity index (χ1v) is 7.96. The van der Waals surface area contributed by atoms with Crippen molar-refractivity contribution >= 4 is 17.0 Å². The van der Waals surface area contributed by atoms with Crippen LogP contribution < -0.4 is 11.1 Å². The monoisotopic (exact) mass is 353 g/mol. The van der Waals surface area contributed by atoms with E-state index in [-0.39, 0.29) is 19.0 Å². The Morgan fingerprint density at radius 3 is 2.92 bits per heavy atom. The first-order chi connectivity index (χ1) is 12.6. The van der Waals surface area contributed by atoms with Gasteiger partial charge in [-0.15, -0.1) is 0 Å². The highest BCUT2D eigenvalue weighted by Crippen LogP contribution is 2.20. The molecule has 8 heteroatoms. The van der Waals surface area contributed by atoms with Gasteiger partial charge in [0.25, 0.3) is 0 Å². The van der Waals surface area contributed by atoms with Crippen LogP contribution in [-0.4, -0.2) is 15.6 Å². The molecule has 1 amide bonds. The van der Waals surface area contributed by atoms with Gasteiger partial charge in [-0.05, 0) is 36.8 Å². The predicted molar refractivity (Wildman–Crippen MR) is 91.3 cm³/mol. The molecule has 8 nitrogen and oxygen atoms in total. The molecule has 26 heavy (non-hydrogen) atoms. The van der Waals surface area contributed by atoms with E-state index >= 15 is 0 Å². The first-order valence-electron chi connectivity index (χ1n) is 7.96. The number of amides is 1. The van der Waals surface area contributed by atoms with E-state index in [0.717, 1.165) is 5.56 Å². The van der Waals surface area contributed by atoms with E-state index in [1.807, 2.05) is 13.0 Å². The van der Waals surface area contributed by atoms with Crippen molar-refractivity contribution < 1.29 is 18.2 Å². The van der Waals surface area contributed by atoms with Gasteiger partial charge in [0.1, 0.15) is 12.2 Å². The number of hydrogen-bond acceptors (Lipinski definition) is 6. The van der Waals surface area contributed by atoms with Crippen molar-refractivity contribution in [1.29, 1.82) is 0 Å². The molecular weight excluding hydrogens is 338 g/mol. The van der Waals surface area contributed by atoms with Crippen LogP contribution in [0.25, 0.3) is 22.6 Å². The van der Waals surface area contributed by atoms with Crippen LogP contribution in [0.1, 0.15) is 11.3 Å². The number of rotatable bonds is 5. The lowest BCUT2D eigenvalue weighted by molar-refractivity contribution is -0.121. The summed E-state index contributed by atoms with van der Waals surface area (Å²) in [7, 11) is 0. The van der Waals surface area contributed by atoms with E-state index in [4.69, 9.17) is 13.4 Å². The summed E-state index contributed by atoms with van der Waals surface area (Å²) >= 11 is 0. The lowest BCUT2D eigenvalue weighted by atomic mass is 10.2. The minimum absolute atomic E-state index is 0.141. The minimum atomic E-state index is -0.567. The molecule has 0 radical (unpaired) electrons. The third-order valence-electron chi connectivity index (χ3n) is 3.91. The summed E-state index contributed by atoms with van der Waals surface area (Å²) in [6.07, 6.45) is 1.54. The molecule has 3 heterocycles. The topological polar surface area (TPSA) is 103 Å². The highest BCUT2D eigenvalue weighted by molar-refractivity contribution is 5.79. The Morgan fingerprint density at radius 2 is 2.12 bits per heavy atom. The van der Waals surface area contributed by atoms with Crippen LogP contribution in [0.4, 0.5) is 0 Å². The van der Waals surface area contributed by atoms with Gasteiger partial charge in [-0.1, -0.05) is 11.2 Å². The maximum Gasteiger partial charge on any atom is 0.420 e. The molecule has 1 N–H and O–H groups in total. The fourth-order valence-corrected chi connectivity index (χ4v) is 2.64. The maximum absolute atomic E-state index is 12.2. The molecule has 3 aromatic heterocycles. The lowest BCUT2D eigenvalue weighted by Gasteiger charge is -2.04. The molecule has 4 aromatic rings. The zero-order valence-corrected chi connectivity index (χ0v) is 13.9. The van der Waals surface area contributed by atoms with Crippen molar-refractivity contribution in [2.75, 3.05) is 0 Å². The highest BCUT2D eigenvalue weighted by atomic mass is 16.5. The standard InChI is InChI=1S/C18H15N3O5/c1-11-4-5-14-13(7-11)21(18(23)25-14)10-17(22)19-9-12-8-16(26-20-12)15-3-2-6-24-15/h2-8H,9-10H2,1H3,(H,19,22). The van der Waals surface area contributed by atoms with Gasteiger partial charge in [-0.25, -0.2) is 4.79 Å². The SMILES string of the molecule is Cc1ccc2oc(=O)n(CC(=O)NCc3cc(-c4ccco4)on3)c2c1. The summed E-state index contributed by atoms with van der Waals surface area (Å²) in [6.45, 7) is 1.94. The Bertz CT molecular complexity index is 1120. The number of nitrogens with one attached hydrogen (secondary N) is 1. The average Bonchev–Trinajstić information content (AvgIpc) is 3.34. The van der Waals surface area contributed by atoms with Crippen molar-refractivity contribution in [2.45, 2.75) is 20.0 Å². The van der Waals surface area contributed by atoms with Crippen LogP contribution in [-0.2, 0) is 17.9 Å². The lowest BCUT2D eigenvalue weighted by Crippen LogP contribution is -2.30. The smallest absolute Gasteiger partial charge is 0.420 e. The number of benzene rings is 1. The van der Waals surface area contributed by atoms with E-state index in [1.54, 1.807) is 30.3 Å². The molecule has 0 aliphatic carbocycles. The Morgan fingerprint density at radius 1 is 1.23 bits per heavy atom. The zero-order valence-electron chi connectivity index (χ0n) is 13.9. The molecule has 0 aliphatic rings. The van der Waals surface area contributed by atoms with Crippen LogP contribution in [0.15, 0.2) is 60.8 Å². The molecule has 0 bridgehead atoms. The van der Waals surface area contributed by atoms with Gasteiger partial charge in [0.15, 0.2) is 11.3 Å². The summed E-state index contributed by atoms with van der Waals surface area (Å²) in [4.78, 5) is 24.2. The predicted octanol–water partition coefficient (Wildman–Crippen LogP) is 2.47. The highest BCUT2D eigenvalue weighted by Gasteiger charge is 2.14.